The molecule has 9 heteroatoms. The fourth-order valence-electron chi connectivity index (χ4n) is 4.23. The quantitative estimate of drug-likeness (QED) is 0.449. The first-order valence-corrected chi connectivity index (χ1v) is 10.9. The van der Waals surface area contributed by atoms with Gasteiger partial charge < -0.3 is 4.74 Å². The van der Waals surface area contributed by atoms with E-state index in [-0.39, 0.29) is 24.6 Å². The number of nitriles is 1. The standard InChI is InChI=1S/C23H21Cl2F3N2O2/c1-3-17-11-18(20(12-29)13-7-15(24)10-16(25)8-13)19-9-14(23(26,27)28)5-6-21(19)30(17)22(31)32-4-2/h5-10,17-18,20H,3-4,11H2,1-2H3. The molecule has 4 nitrogen and oxygen atoms in total. The molecule has 0 fully saturated rings. The van der Waals surface area contributed by atoms with Gasteiger partial charge in [-0.2, -0.15) is 18.4 Å². The predicted molar refractivity (Wildman–Crippen MR) is 117 cm³/mol. The van der Waals surface area contributed by atoms with Gasteiger partial charge in [-0.25, -0.2) is 4.79 Å². The van der Waals surface area contributed by atoms with Crippen LogP contribution in [0.3, 0.4) is 0 Å². The lowest BCUT2D eigenvalue weighted by atomic mass is 9.74. The lowest BCUT2D eigenvalue weighted by molar-refractivity contribution is -0.137. The SMILES string of the molecule is CCOC(=O)N1c2ccc(C(F)(F)F)cc2C(C(C#N)c2cc(Cl)cc(Cl)c2)CC1CC. The van der Waals surface area contributed by atoms with Gasteiger partial charge in [-0.3, -0.25) is 4.90 Å². The summed E-state index contributed by atoms with van der Waals surface area (Å²) in [5.74, 6) is -1.42. The van der Waals surface area contributed by atoms with Gasteiger partial charge >= 0.3 is 12.3 Å². The maximum Gasteiger partial charge on any atom is 0.416 e. The second kappa shape index (κ2) is 9.60. The Morgan fingerprint density at radius 3 is 2.41 bits per heavy atom. The summed E-state index contributed by atoms with van der Waals surface area (Å²) in [5.41, 5.74) is 0.242. The van der Waals surface area contributed by atoms with Gasteiger partial charge in [0, 0.05) is 22.0 Å². The topological polar surface area (TPSA) is 53.3 Å². The van der Waals surface area contributed by atoms with Gasteiger partial charge in [-0.05, 0) is 67.3 Å². The van der Waals surface area contributed by atoms with Crippen LogP contribution in [0.15, 0.2) is 36.4 Å². The Morgan fingerprint density at radius 2 is 1.88 bits per heavy atom. The van der Waals surface area contributed by atoms with Gasteiger partial charge in [-0.15, -0.1) is 0 Å². The third kappa shape index (κ3) is 4.82. The zero-order chi connectivity index (χ0) is 23.6. The van der Waals surface area contributed by atoms with Crippen molar-refractivity contribution in [3.05, 3.63) is 63.1 Å². The summed E-state index contributed by atoms with van der Waals surface area (Å²) in [4.78, 5) is 14.1. The normalized spacial score (nSPS) is 19.1. The van der Waals surface area contributed by atoms with Gasteiger partial charge in [0.25, 0.3) is 0 Å². The third-order valence-electron chi connectivity index (χ3n) is 5.63. The van der Waals surface area contributed by atoms with Gasteiger partial charge in [0.15, 0.2) is 0 Å². The van der Waals surface area contributed by atoms with Gasteiger partial charge in [0.2, 0.25) is 0 Å². The molecule has 0 aliphatic carbocycles. The van der Waals surface area contributed by atoms with Gasteiger partial charge in [-0.1, -0.05) is 30.1 Å². The van der Waals surface area contributed by atoms with Crippen molar-refractivity contribution in [2.45, 2.75) is 50.7 Å². The van der Waals surface area contributed by atoms with Crippen LogP contribution in [0, 0.1) is 11.3 Å². The summed E-state index contributed by atoms with van der Waals surface area (Å²) in [5, 5.41) is 10.7. The Labute approximate surface area is 194 Å². The van der Waals surface area contributed by atoms with Crippen LogP contribution in [-0.2, 0) is 10.9 Å². The minimum atomic E-state index is -4.57. The molecule has 0 bridgehead atoms. The first kappa shape index (κ1) is 24.2. The number of fused-ring (bicyclic) bond motifs is 1. The van der Waals surface area contributed by atoms with E-state index in [2.05, 4.69) is 6.07 Å². The number of amides is 1. The zero-order valence-corrected chi connectivity index (χ0v) is 18.9. The van der Waals surface area contributed by atoms with E-state index in [1.807, 2.05) is 6.92 Å². The van der Waals surface area contributed by atoms with E-state index in [1.165, 1.54) is 17.0 Å². The summed E-state index contributed by atoms with van der Waals surface area (Å²) in [6, 6.07) is 9.82. The fourth-order valence-corrected chi connectivity index (χ4v) is 4.77. The van der Waals surface area contributed by atoms with Crippen LogP contribution in [0.25, 0.3) is 0 Å². The lowest BCUT2D eigenvalue weighted by Crippen LogP contribution is -2.45. The minimum Gasteiger partial charge on any atom is -0.449 e. The van der Waals surface area contributed by atoms with Crippen LogP contribution in [0.4, 0.5) is 23.7 Å². The van der Waals surface area contributed by atoms with Crippen molar-refractivity contribution in [1.82, 2.24) is 0 Å². The van der Waals surface area contributed by atoms with Crippen LogP contribution in [0.2, 0.25) is 10.0 Å². The van der Waals surface area contributed by atoms with Crippen LogP contribution in [0.1, 0.15) is 55.2 Å². The molecule has 0 N–H and O–H groups in total. The number of rotatable bonds is 4. The van der Waals surface area contributed by atoms with Crippen molar-refractivity contribution >= 4 is 35.0 Å². The Balaban J connectivity index is 2.21. The van der Waals surface area contributed by atoms with Gasteiger partial charge in [0.05, 0.1) is 29.8 Å². The van der Waals surface area contributed by atoms with Crippen molar-refractivity contribution in [3.63, 3.8) is 0 Å². The Morgan fingerprint density at radius 1 is 1.22 bits per heavy atom. The molecule has 170 valence electrons. The van der Waals surface area contributed by atoms with E-state index in [4.69, 9.17) is 27.9 Å². The second-order valence-corrected chi connectivity index (χ2v) is 8.43. The number of hydrogen-bond acceptors (Lipinski definition) is 3. The van der Waals surface area contributed by atoms with Crippen molar-refractivity contribution in [3.8, 4) is 6.07 Å². The van der Waals surface area contributed by atoms with E-state index in [1.54, 1.807) is 19.1 Å². The van der Waals surface area contributed by atoms with Crippen molar-refractivity contribution < 1.29 is 22.7 Å². The summed E-state index contributed by atoms with van der Waals surface area (Å²) >= 11 is 12.2. The molecule has 3 unspecified atom stereocenters. The number of benzene rings is 2. The average molecular weight is 485 g/mol. The molecule has 2 aromatic rings. The number of alkyl halides is 3. The second-order valence-electron chi connectivity index (χ2n) is 7.55. The Hall–Kier alpha value is -2.43. The van der Waals surface area contributed by atoms with E-state index >= 15 is 0 Å². The van der Waals surface area contributed by atoms with Crippen molar-refractivity contribution in [2.75, 3.05) is 11.5 Å². The van der Waals surface area contributed by atoms with Crippen LogP contribution >= 0.6 is 23.2 Å². The molecule has 32 heavy (non-hydrogen) atoms. The number of ether oxygens (including phenoxy) is 1. The summed E-state index contributed by atoms with van der Waals surface area (Å²) in [6.07, 6.45) is -4.38. The monoisotopic (exact) mass is 484 g/mol. The molecule has 0 aromatic heterocycles. The largest absolute Gasteiger partial charge is 0.449 e. The highest BCUT2D eigenvalue weighted by molar-refractivity contribution is 6.34. The molecule has 1 aliphatic heterocycles. The zero-order valence-electron chi connectivity index (χ0n) is 17.4. The molecule has 0 saturated carbocycles. The van der Waals surface area contributed by atoms with E-state index in [9.17, 15) is 23.2 Å². The summed E-state index contributed by atoms with van der Waals surface area (Å²) in [6.45, 7) is 3.67. The smallest absolute Gasteiger partial charge is 0.416 e. The highest BCUT2D eigenvalue weighted by Gasteiger charge is 2.42. The predicted octanol–water partition coefficient (Wildman–Crippen LogP) is 7.55. The summed E-state index contributed by atoms with van der Waals surface area (Å²) < 4.78 is 45.7. The van der Waals surface area contributed by atoms with Gasteiger partial charge in [0.1, 0.15) is 0 Å². The number of carbonyl (C=O) groups is 1. The molecule has 3 rings (SSSR count). The third-order valence-corrected chi connectivity index (χ3v) is 6.06. The molecule has 1 aliphatic rings. The maximum atomic E-state index is 13.5. The number of carbonyl (C=O) groups excluding carboxylic acids is 1. The highest BCUT2D eigenvalue weighted by Crippen LogP contribution is 2.48. The lowest BCUT2D eigenvalue weighted by Gasteiger charge is -2.41. The molecule has 0 saturated heterocycles. The number of hydrogen-bond donors (Lipinski definition) is 0. The molecule has 2 aromatic carbocycles. The molecular weight excluding hydrogens is 464 g/mol. The van der Waals surface area contributed by atoms with Crippen LogP contribution in [-0.4, -0.2) is 18.7 Å². The molecule has 3 atom stereocenters. The Kier molecular flexibility index (Phi) is 7.26. The molecular formula is C23H21Cl2F3N2O2. The van der Waals surface area contributed by atoms with E-state index < -0.39 is 29.7 Å². The molecule has 0 spiro atoms. The molecule has 0 radical (unpaired) electrons. The van der Waals surface area contributed by atoms with Crippen LogP contribution < -0.4 is 4.90 Å². The van der Waals surface area contributed by atoms with E-state index in [0.29, 0.717) is 27.7 Å². The minimum absolute atomic E-state index is 0.132. The number of halogens is 5. The highest BCUT2D eigenvalue weighted by atomic mass is 35.5. The van der Waals surface area contributed by atoms with Crippen molar-refractivity contribution in [1.29, 1.82) is 5.26 Å². The summed E-state index contributed by atoms with van der Waals surface area (Å²) in [7, 11) is 0. The molecule has 1 heterocycles. The average Bonchev–Trinajstić information content (AvgIpc) is 2.72. The first-order chi connectivity index (χ1) is 15.1. The molecule has 1 amide bonds. The van der Waals surface area contributed by atoms with E-state index in [0.717, 1.165) is 12.1 Å². The van der Waals surface area contributed by atoms with Crippen LogP contribution in [0.5, 0.6) is 0 Å². The van der Waals surface area contributed by atoms with Crippen molar-refractivity contribution in [2.24, 2.45) is 0 Å². The first-order valence-electron chi connectivity index (χ1n) is 10.1. The maximum absolute atomic E-state index is 13.5. The fraction of sp³-hybridized carbons (Fsp3) is 0.391. The Bertz CT molecular complexity index is 1030. The number of nitrogens with zero attached hydrogens (tertiary/aromatic N) is 2. The number of anilines is 1.